The minimum absolute atomic E-state index is 0.0316. The molecule has 2 aromatic heterocycles. The van der Waals surface area contributed by atoms with Crippen LogP contribution in [-0.2, 0) is 14.2 Å². The van der Waals surface area contributed by atoms with Gasteiger partial charge in [-0.15, -0.1) is 13.2 Å². The van der Waals surface area contributed by atoms with Crippen molar-refractivity contribution >= 4 is 39.8 Å². The Kier molecular flexibility index (Phi) is 13.2. The van der Waals surface area contributed by atoms with E-state index in [4.69, 9.17) is 34.0 Å². The number of rotatable bonds is 12. The molecule has 4 fully saturated rings. The van der Waals surface area contributed by atoms with Gasteiger partial charge < -0.3 is 33.6 Å². The zero-order valence-corrected chi connectivity index (χ0v) is 37.3. The fourth-order valence-corrected chi connectivity index (χ4v) is 9.54. The first-order valence-electron chi connectivity index (χ1n) is 22.4. The van der Waals surface area contributed by atoms with Gasteiger partial charge in [-0.1, -0.05) is 18.7 Å². The standard InChI is InChI=1S/C46H57F6N7O6/c1-6-30-24-32-38(39(62-28-45(47,48)49)37(30)36-29(2)11-12-34-33(36)25-53-59(34)35-10-7-8-22-61-35)54-41(64-31-13-18-56(19-14-31)17-9-23-63-46(50,51)52)55-40(32)57-20-15-44(16-21-57)26-58(27-44)42(60)65-43(3,4)5/h6,11-12,24-25,31,35H,1,7-10,13-23,26-28H2,2-5H3. The van der Waals surface area contributed by atoms with Gasteiger partial charge in [0, 0.05) is 74.2 Å². The predicted octanol–water partition coefficient (Wildman–Crippen LogP) is 9.85. The first kappa shape index (κ1) is 46.6. The van der Waals surface area contributed by atoms with Crippen LogP contribution in [0, 0.1) is 12.3 Å². The maximum absolute atomic E-state index is 14.3. The summed E-state index contributed by atoms with van der Waals surface area (Å²) in [6.45, 7) is 13.7. The molecule has 0 bridgehead atoms. The lowest BCUT2D eigenvalue weighted by atomic mass is 9.72. The van der Waals surface area contributed by atoms with Crippen molar-refractivity contribution in [3.63, 3.8) is 0 Å². The molecule has 13 nitrogen and oxygen atoms in total. The number of nitrogens with zero attached hydrogens (tertiary/aromatic N) is 7. The molecule has 0 aliphatic carbocycles. The van der Waals surface area contributed by atoms with E-state index in [-0.39, 0.29) is 47.5 Å². The van der Waals surface area contributed by atoms with Crippen molar-refractivity contribution in [2.75, 3.05) is 70.5 Å². The molecule has 65 heavy (non-hydrogen) atoms. The molecule has 1 amide bonds. The number of benzene rings is 2. The predicted molar refractivity (Wildman–Crippen MR) is 232 cm³/mol. The van der Waals surface area contributed by atoms with Crippen LogP contribution in [0.3, 0.4) is 0 Å². The van der Waals surface area contributed by atoms with Gasteiger partial charge in [0.1, 0.15) is 23.0 Å². The Hall–Kier alpha value is -4.88. The number of carbonyl (C=O) groups is 1. The zero-order chi connectivity index (χ0) is 46.3. The molecule has 354 valence electrons. The van der Waals surface area contributed by atoms with Crippen LogP contribution < -0.4 is 14.4 Å². The molecule has 0 saturated carbocycles. The Morgan fingerprint density at radius 1 is 0.969 bits per heavy atom. The lowest BCUT2D eigenvalue weighted by Crippen LogP contribution is -2.62. The summed E-state index contributed by atoms with van der Waals surface area (Å²) in [6, 6.07) is 5.67. The molecular formula is C46H57F6N7O6. The van der Waals surface area contributed by atoms with E-state index in [0.717, 1.165) is 43.2 Å². The second kappa shape index (κ2) is 18.4. The van der Waals surface area contributed by atoms with Crippen LogP contribution in [0.25, 0.3) is 39.0 Å². The molecule has 4 aliphatic rings. The summed E-state index contributed by atoms with van der Waals surface area (Å²) in [5, 5.41) is 5.89. The number of aromatic nitrogens is 4. The van der Waals surface area contributed by atoms with Gasteiger partial charge in [-0.05, 0) is 108 Å². The average Bonchev–Trinajstić information content (AvgIpc) is 3.67. The summed E-state index contributed by atoms with van der Waals surface area (Å²) >= 11 is 0. The molecule has 6 heterocycles. The van der Waals surface area contributed by atoms with Crippen LogP contribution in [0.15, 0.2) is 31.0 Å². The van der Waals surface area contributed by atoms with Crippen molar-refractivity contribution < 1.29 is 54.8 Å². The third kappa shape index (κ3) is 10.7. The average molecular weight is 918 g/mol. The third-order valence-electron chi connectivity index (χ3n) is 12.7. The lowest BCUT2D eigenvalue weighted by molar-refractivity contribution is -0.324. The molecule has 19 heteroatoms. The van der Waals surface area contributed by atoms with Crippen LogP contribution in [0.4, 0.5) is 37.0 Å². The largest absolute Gasteiger partial charge is 0.522 e. The smallest absolute Gasteiger partial charge is 0.481 e. The van der Waals surface area contributed by atoms with E-state index in [1.165, 1.54) is 0 Å². The van der Waals surface area contributed by atoms with E-state index >= 15 is 0 Å². The Morgan fingerprint density at radius 2 is 1.71 bits per heavy atom. The fraction of sp³-hybridized carbons (Fsp3) is 0.609. The zero-order valence-electron chi connectivity index (χ0n) is 37.3. The Morgan fingerprint density at radius 3 is 2.35 bits per heavy atom. The highest BCUT2D eigenvalue weighted by Gasteiger charge is 2.48. The molecule has 4 aromatic rings. The number of anilines is 1. The molecular weight excluding hydrogens is 861 g/mol. The SMILES string of the molecule is C=Cc1cc2c(N3CCC4(CC3)CN(C(=O)OC(C)(C)C)C4)nc(OC3CCN(CCCOC(F)(F)F)CC3)nc2c(OCC(F)(F)F)c1-c1c(C)ccc2c1cnn2C1CCCCO1. The highest BCUT2D eigenvalue weighted by atomic mass is 19.4. The second-order valence-electron chi connectivity index (χ2n) is 18.7. The van der Waals surface area contributed by atoms with Gasteiger partial charge in [-0.2, -0.15) is 28.2 Å². The van der Waals surface area contributed by atoms with Crippen LogP contribution in [0.5, 0.6) is 11.8 Å². The highest BCUT2D eigenvalue weighted by Crippen LogP contribution is 2.48. The van der Waals surface area contributed by atoms with Crippen molar-refractivity contribution in [3.05, 3.63) is 42.1 Å². The van der Waals surface area contributed by atoms with Gasteiger partial charge in [-0.25, -0.2) is 9.48 Å². The Labute approximate surface area is 374 Å². The van der Waals surface area contributed by atoms with Crippen LogP contribution in [-0.4, -0.2) is 126 Å². The number of alkyl halides is 6. The number of piperidine rings is 2. The number of hydrogen-bond acceptors (Lipinski definition) is 11. The molecule has 0 radical (unpaired) electrons. The van der Waals surface area contributed by atoms with Crippen molar-refractivity contribution in [1.82, 2.24) is 29.5 Å². The maximum Gasteiger partial charge on any atom is 0.522 e. The monoisotopic (exact) mass is 917 g/mol. The Balaban J connectivity index is 1.17. The van der Waals surface area contributed by atoms with E-state index in [1.807, 2.05) is 55.5 Å². The molecule has 1 spiro atoms. The van der Waals surface area contributed by atoms with Crippen molar-refractivity contribution in [1.29, 1.82) is 0 Å². The number of carbonyl (C=O) groups excluding carboxylic acids is 1. The van der Waals surface area contributed by atoms with Crippen LogP contribution in [0.1, 0.15) is 89.5 Å². The molecule has 1 atom stereocenters. The van der Waals surface area contributed by atoms with Crippen LogP contribution >= 0.6 is 0 Å². The van der Waals surface area contributed by atoms with Gasteiger partial charge in [0.05, 0.1) is 18.3 Å². The number of amides is 1. The van der Waals surface area contributed by atoms with E-state index in [0.29, 0.717) is 98.5 Å². The summed E-state index contributed by atoms with van der Waals surface area (Å²) in [4.78, 5) is 28.5. The molecule has 4 aliphatic heterocycles. The molecule has 2 aromatic carbocycles. The summed E-state index contributed by atoms with van der Waals surface area (Å²) in [7, 11) is 0. The van der Waals surface area contributed by atoms with E-state index < -0.39 is 31.4 Å². The van der Waals surface area contributed by atoms with Gasteiger partial charge >= 0.3 is 24.6 Å². The topological polar surface area (TPSA) is 117 Å². The number of likely N-dealkylation sites (tertiary alicyclic amines) is 2. The van der Waals surface area contributed by atoms with Gasteiger partial charge in [0.15, 0.2) is 18.6 Å². The number of hydrogen-bond donors (Lipinski definition) is 0. The van der Waals surface area contributed by atoms with Crippen molar-refractivity contribution in [3.8, 4) is 22.9 Å². The Bertz CT molecular complexity index is 2350. The second-order valence-corrected chi connectivity index (χ2v) is 18.7. The number of aryl methyl sites for hydroxylation is 1. The normalized spacial score (nSPS) is 20.1. The van der Waals surface area contributed by atoms with E-state index in [1.54, 1.807) is 17.2 Å². The van der Waals surface area contributed by atoms with Crippen molar-refractivity contribution in [2.45, 2.75) is 110 Å². The summed E-state index contributed by atoms with van der Waals surface area (Å²) in [6.07, 6.45) is -1.70. The summed E-state index contributed by atoms with van der Waals surface area (Å²) in [5.41, 5.74) is 2.43. The first-order valence-corrected chi connectivity index (χ1v) is 22.4. The lowest BCUT2D eigenvalue weighted by Gasteiger charge is -2.53. The number of halogens is 6. The summed E-state index contributed by atoms with van der Waals surface area (Å²) in [5.74, 6) is 0.367. The van der Waals surface area contributed by atoms with Gasteiger partial charge in [0.2, 0.25) is 0 Å². The van der Waals surface area contributed by atoms with Crippen LogP contribution in [0.2, 0.25) is 0 Å². The van der Waals surface area contributed by atoms with Crippen molar-refractivity contribution in [2.24, 2.45) is 5.41 Å². The molecule has 4 saturated heterocycles. The highest BCUT2D eigenvalue weighted by molar-refractivity contribution is 6.07. The van der Waals surface area contributed by atoms with Gasteiger partial charge in [0.25, 0.3) is 0 Å². The fourth-order valence-electron chi connectivity index (χ4n) is 9.54. The molecule has 8 rings (SSSR count). The number of fused-ring (bicyclic) bond motifs is 2. The summed E-state index contributed by atoms with van der Waals surface area (Å²) < 4.78 is 110. The molecule has 0 N–H and O–H groups in total. The van der Waals surface area contributed by atoms with E-state index in [2.05, 4.69) is 16.2 Å². The third-order valence-corrected chi connectivity index (χ3v) is 12.7. The van der Waals surface area contributed by atoms with E-state index in [9.17, 15) is 31.1 Å². The number of ether oxygens (including phenoxy) is 5. The maximum atomic E-state index is 14.3. The minimum Gasteiger partial charge on any atom is -0.481 e. The quantitative estimate of drug-likeness (QED) is 0.0999. The minimum atomic E-state index is -4.70. The molecule has 1 unspecified atom stereocenters. The van der Waals surface area contributed by atoms with Gasteiger partial charge in [-0.3, -0.25) is 4.74 Å². The first-order chi connectivity index (χ1) is 30.8.